The quantitative estimate of drug-likeness (QED) is 0.522. The summed E-state index contributed by atoms with van der Waals surface area (Å²) in [4.78, 5) is 16.8. The zero-order chi connectivity index (χ0) is 18.0. The van der Waals surface area contributed by atoms with Gasteiger partial charge >= 0.3 is 0 Å². The first kappa shape index (κ1) is 17.6. The van der Waals surface area contributed by atoms with Crippen LogP contribution in [0.1, 0.15) is 26.8 Å². The molecule has 2 heterocycles. The second-order valence-electron chi connectivity index (χ2n) is 5.05. The van der Waals surface area contributed by atoms with Crippen molar-refractivity contribution in [3.05, 3.63) is 55.6 Å². The van der Waals surface area contributed by atoms with Crippen molar-refractivity contribution in [1.29, 1.82) is 0 Å². The summed E-state index contributed by atoms with van der Waals surface area (Å²) in [6, 6.07) is 5.08. The Bertz CT molecular complexity index is 945. The van der Waals surface area contributed by atoms with Crippen LogP contribution < -0.4 is 5.43 Å². The maximum Gasteiger partial charge on any atom is 0.294 e. The van der Waals surface area contributed by atoms with E-state index in [0.717, 1.165) is 5.01 Å². The molecular formula is C16H12Cl2N4O2S. The van der Waals surface area contributed by atoms with Crippen LogP contribution in [0.15, 0.2) is 33.2 Å². The lowest BCUT2D eigenvalue weighted by Crippen LogP contribution is -2.19. The Hall–Kier alpha value is -2.22. The number of hydrogen-bond acceptors (Lipinski definition) is 6. The van der Waals surface area contributed by atoms with Gasteiger partial charge in [0, 0.05) is 10.9 Å². The topological polar surface area (TPSA) is 80.4 Å². The molecule has 6 nitrogen and oxygen atoms in total. The molecular weight excluding hydrogens is 383 g/mol. The van der Waals surface area contributed by atoms with Gasteiger partial charge in [0.15, 0.2) is 5.69 Å². The van der Waals surface area contributed by atoms with Crippen LogP contribution in [0.2, 0.25) is 10.0 Å². The largest absolute Gasteiger partial charge is 0.360 e. The van der Waals surface area contributed by atoms with E-state index in [9.17, 15) is 4.79 Å². The monoisotopic (exact) mass is 394 g/mol. The van der Waals surface area contributed by atoms with E-state index < -0.39 is 5.91 Å². The molecule has 3 rings (SSSR count). The Morgan fingerprint density at radius 1 is 1.32 bits per heavy atom. The van der Waals surface area contributed by atoms with Crippen molar-refractivity contribution in [2.24, 2.45) is 5.10 Å². The van der Waals surface area contributed by atoms with Gasteiger partial charge in [0.25, 0.3) is 5.91 Å². The van der Waals surface area contributed by atoms with E-state index in [1.165, 1.54) is 17.6 Å². The standard InChI is InChI=1S/C16H12Cl2N4O2S/c1-8-14(13-7-25-9(2)20-13)15(22-24-8)16(23)21-19-6-10-11(17)4-3-5-12(10)18/h3-7H,1-2H3,(H,21,23)/b19-6+. The van der Waals surface area contributed by atoms with Crippen LogP contribution in [-0.2, 0) is 0 Å². The van der Waals surface area contributed by atoms with Crippen molar-refractivity contribution < 1.29 is 9.32 Å². The Kier molecular flexibility index (Phi) is 5.17. The second kappa shape index (κ2) is 7.35. The SMILES string of the molecule is Cc1nc(-c2c(C(=O)N/N=C/c3c(Cl)cccc3Cl)noc2C)cs1. The lowest BCUT2D eigenvalue weighted by Gasteiger charge is -2.01. The summed E-state index contributed by atoms with van der Waals surface area (Å²) in [5.41, 5.74) is 4.22. The molecule has 0 aliphatic carbocycles. The van der Waals surface area contributed by atoms with Crippen LogP contribution in [0.4, 0.5) is 0 Å². The molecule has 0 radical (unpaired) electrons. The number of hydrogen-bond donors (Lipinski definition) is 1. The lowest BCUT2D eigenvalue weighted by molar-refractivity contribution is 0.0946. The highest BCUT2D eigenvalue weighted by Gasteiger charge is 2.22. The van der Waals surface area contributed by atoms with Gasteiger partial charge in [0.1, 0.15) is 5.76 Å². The number of rotatable bonds is 4. The molecule has 3 aromatic rings. The fourth-order valence-electron chi connectivity index (χ4n) is 2.15. The Labute approximate surface area is 157 Å². The normalized spacial score (nSPS) is 11.2. The minimum absolute atomic E-state index is 0.116. The van der Waals surface area contributed by atoms with Crippen LogP contribution >= 0.6 is 34.5 Å². The molecule has 25 heavy (non-hydrogen) atoms. The summed E-state index contributed by atoms with van der Waals surface area (Å²) in [6.45, 7) is 3.61. The molecule has 0 fully saturated rings. The maximum atomic E-state index is 12.4. The Morgan fingerprint density at radius 3 is 2.68 bits per heavy atom. The third-order valence-corrected chi connectivity index (χ3v) is 4.75. The molecule has 128 valence electrons. The van der Waals surface area contributed by atoms with Crippen LogP contribution in [0.25, 0.3) is 11.3 Å². The molecule has 0 saturated heterocycles. The first-order chi connectivity index (χ1) is 12.0. The van der Waals surface area contributed by atoms with Crippen molar-refractivity contribution in [3.8, 4) is 11.3 Å². The number of amides is 1. The number of nitrogens with one attached hydrogen (secondary N) is 1. The van der Waals surface area contributed by atoms with E-state index in [1.54, 1.807) is 25.1 Å². The summed E-state index contributed by atoms with van der Waals surface area (Å²) >= 11 is 13.6. The van der Waals surface area contributed by atoms with Crippen molar-refractivity contribution in [1.82, 2.24) is 15.6 Å². The number of nitrogens with zero attached hydrogens (tertiary/aromatic N) is 3. The first-order valence-corrected chi connectivity index (χ1v) is 8.77. The van der Waals surface area contributed by atoms with Crippen molar-refractivity contribution in [3.63, 3.8) is 0 Å². The molecule has 1 amide bonds. The fraction of sp³-hybridized carbons (Fsp3) is 0.125. The molecule has 0 spiro atoms. The maximum absolute atomic E-state index is 12.4. The van der Waals surface area contributed by atoms with Crippen LogP contribution in [0.5, 0.6) is 0 Å². The molecule has 1 aromatic carbocycles. The van der Waals surface area contributed by atoms with Gasteiger partial charge in [-0.1, -0.05) is 34.4 Å². The van der Waals surface area contributed by atoms with Gasteiger partial charge in [-0.15, -0.1) is 11.3 Å². The number of halogens is 2. The van der Waals surface area contributed by atoms with Crippen LogP contribution in [0, 0.1) is 13.8 Å². The number of carbonyl (C=O) groups is 1. The number of hydrazone groups is 1. The van der Waals surface area contributed by atoms with Crippen LogP contribution in [0.3, 0.4) is 0 Å². The number of thiazole rings is 1. The molecule has 1 N–H and O–H groups in total. The highest BCUT2D eigenvalue weighted by Crippen LogP contribution is 2.28. The van der Waals surface area contributed by atoms with E-state index in [2.05, 4.69) is 20.7 Å². The van der Waals surface area contributed by atoms with Crippen LogP contribution in [-0.4, -0.2) is 22.3 Å². The molecule has 0 unspecified atom stereocenters. The molecule has 9 heteroatoms. The van der Waals surface area contributed by atoms with E-state index in [0.29, 0.717) is 32.6 Å². The molecule has 0 aliphatic heterocycles. The molecule has 0 aliphatic rings. The smallest absolute Gasteiger partial charge is 0.294 e. The molecule has 0 bridgehead atoms. The highest BCUT2D eigenvalue weighted by molar-refractivity contribution is 7.09. The van der Waals surface area contributed by atoms with Gasteiger partial charge in [-0.05, 0) is 26.0 Å². The summed E-state index contributed by atoms with van der Waals surface area (Å²) in [6.07, 6.45) is 1.38. The first-order valence-electron chi connectivity index (χ1n) is 7.13. The molecule has 2 aromatic heterocycles. The number of aromatic nitrogens is 2. The lowest BCUT2D eigenvalue weighted by atomic mass is 10.1. The third-order valence-electron chi connectivity index (χ3n) is 3.31. The van der Waals surface area contributed by atoms with E-state index >= 15 is 0 Å². The summed E-state index contributed by atoms with van der Waals surface area (Å²) in [5, 5.41) is 11.3. The van der Waals surface area contributed by atoms with Crippen molar-refractivity contribution in [2.45, 2.75) is 13.8 Å². The second-order valence-corrected chi connectivity index (χ2v) is 6.93. The van der Waals surface area contributed by atoms with Gasteiger partial charge < -0.3 is 4.52 Å². The zero-order valence-corrected chi connectivity index (χ0v) is 15.5. The average Bonchev–Trinajstić information content (AvgIpc) is 3.15. The van der Waals surface area contributed by atoms with Gasteiger partial charge in [-0.2, -0.15) is 5.10 Å². The van der Waals surface area contributed by atoms with Crippen molar-refractivity contribution >= 4 is 46.7 Å². The number of aryl methyl sites for hydroxylation is 2. The summed E-state index contributed by atoms with van der Waals surface area (Å²) in [5.74, 6) is -0.00879. The predicted octanol–water partition coefficient (Wildman–Crippen LogP) is 4.49. The van der Waals surface area contributed by atoms with Gasteiger partial charge in [-0.25, -0.2) is 10.4 Å². The van der Waals surface area contributed by atoms with E-state index in [-0.39, 0.29) is 5.69 Å². The van der Waals surface area contributed by atoms with Gasteiger partial charge in [0.05, 0.1) is 32.5 Å². The average molecular weight is 395 g/mol. The van der Waals surface area contributed by atoms with Gasteiger partial charge in [0.2, 0.25) is 0 Å². The fourth-order valence-corrected chi connectivity index (χ4v) is 3.25. The van der Waals surface area contributed by atoms with Gasteiger partial charge in [-0.3, -0.25) is 4.79 Å². The predicted molar refractivity (Wildman–Crippen MR) is 98.6 cm³/mol. The van der Waals surface area contributed by atoms with Crippen molar-refractivity contribution in [2.75, 3.05) is 0 Å². The summed E-state index contributed by atoms with van der Waals surface area (Å²) < 4.78 is 5.14. The third kappa shape index (κ3) is 3.73. The minimum Gasteiger partial charge on any atom is -0.360 e. The zero-order valence-electron chi connectivity index (χ0n) is 13.2. The molecule has 0 saturated carbocycles. The Balaban J connectivity index is 1.82. The number of benzene rings is 1. The summed E-state index contributed by atoms with van der Waals surface area (Å²) in [7, 11) is 0. The van der Waals surface area contributed by atoms with E-state index in [1.807, 2.05) is 12.3 Å². The van der Waals surface area contributed by atoms with E-state index in [4.69, 9.17) is 27.7 Å². The Morgan fingerprint density at radius 2 is 2.04 bits per heavy atom. The minimum atomic E-state index is -0.517. The highest BCUT2D eigenvalue weighted by atomic mass is 35.5. The number of carbonyl (C=O) groups excluding carboxylic acids is 1. The molecule has 0 atom stereocenters.